The number of amides is 1. The van der Waals surface area contributed by atoms with E-state index in [1.54, 1.807) is 6.07 Å². The Morgan fingerprint density at radius 1 is 1.07 bits per heavy atom. The van der Waals surface area contributed by atoms with E-state index in [0.29, 0.717) is 29.2 Å². The van der Waals surface area contributed by atoms with Gasteiger partial charge >= 0.3 is 0 Å². The van der Waals surface area contributed by atoms with E-state index in [9.17, 15) is 9.59 Å². The molecule has 0 spiro atoms. The van der Waals surface area contributed by atoms with Crippen LogP contribution in [0.1, 0.15) is 25.0 Å². The van der Waals surface area contributed by atoms with E-state index in [1.165, 1.54) is 0 Å². The van der Waals surface area contributed by atoms with E-state index in [-0.39, 0.29) is 23.7 Å². The fourth-order valence-corrected chi connectivity index (χ4v) is 2.82. The lowest BCUT2D eigenvalue weighted by Crippen LogP contribution is -2.32. The minimum Gasteiger partial charge on any atom is -0.476 e. The van der Waals surface area contributed by atoms with Gasteiger partial charge in [0.05, 0.1) is 5.39 Å². The number of hydrogen-bond donors (Lipinski definition) is 1. The number of carbonyl (C=O) groups is 1. The van der Waals surface area contributed by atoms with Gasteiger partial charge in [0.2, 0.25) is 11.2 Å². The summed E-state index contributed by atoms with van der Waals surface area (Å²) < 4.78 is 11.7. The number of ether oxygens (including phenoxy) is 1. The summed E-state index contributed by atoms with van der Waals surface area (Å²) in [5, 5.41) is 3.22. The van der Waals surface area contributed by atoms with Crippen LogP contribution >= 0.6 is 0 Å². The van der Waals surface area contributed by atoms with E-state index in [2.05, 4.69) is 5.32 Å². The molecule has 146 valence electrons. The molecule has 1 heterocycles. The molecule has 0 unspecified atom stereocenters. The van der Waals surface area contributed by atoms with Gasteiger partial charge in [-0.25, -0.2) is 0 Å². The van der Waals surface area contributed by atoms with Crippen molar-refractivity contribution in [2.45, 2.75) is 27.7 Å². The lowest BCUT2D eigenvalue weighted by molar-refractivity contribution is -0.123. The Hall–Kier alpha value is -3.08. The van der Waals surface area contributed by atoms with Gasteiger partial charge in [-0.05, 0) is 37.5 Å². The van der Waals surface area contributed by atoms with Gasteiger partial charge in [-0.1, -0.05) is 49.7 Å². The second kappa shape index (κ2) is 8.30. The highest BCUT2D eigenvalue weighted by molar-refractivity contribution is 5.83. The molecule has 0 atom stereocenters. The van der Waals surface area contributed by atoms with Crippen molar-refractivity contribution < 1.29 is 13.9 Å². The van der Waals surface area contributed by atoms with Gasteiger partial charge in [0, 0.05) is 12.1 Å². The van der Waals surface area contributed by atoms with Crippen molar-refractivity contribution in [2.75, 3.05) is 13.2 Å². The maximum atomic E-state index is 13.1. The SMILES string of the molecule is Cc1ccc(-c2oc3cc(C)ccc3c(=O)c2OCC(=O)NCC(C)C)cc1. The molecule has 0 aliphatic heterocycles. The van der Waals surface area contributed by atoms with Gasteiger partial charge in [-0.3, -0.25) is 9.59 Å². The number of fused-ring (bicyclic) bond motifs is 1. The minimum atomic E-state index is -0.284. The zero-order valence-corrected chi connectivity index (χ0v) is 16.7. The van der Waals surface area contributed by atoms with Crippen LogP contribution in [0.5, 0.6) is 5.75 Å². The van der Waals surface area contributed by atoms with Crippen molar-refractivity contribution in [1.82, 2.24) is 5.32 Å². The average molecular weight is 379 g/mol. The van der Waals surface area contributed by atoms with Gasteiger partial charge in [0.1, 0.15) is 5.58 Å². The molecular weight excluding hydrogens is 354 g/mol. The molecular formula is C23H25NO4. The third-order valence-electron chi connectivity index (χ3n) is 4.38. The number of carbonyl (C=O) groups excluding carboxylic acids is 1. The highest BCUT2D eigenvalue weighted by Crippen LogP contribution is 2.31. The molecule has 0 saturated carbocycles. The van der Waals surface area contributed by atoms with Crippen molar-refractivity contribution in [3.05, 3.63) is 63.8 Å². The fourth-order valence-electron chi connectivity index (χ4n) is 2.82. The first-order valence-corrected chi connectivity index (χ1v) is 9.39. The fraction of sp³-hybridized carbons (Fsp3) is 0.304. The Balaban J connectivity index is 2.03. The normalized spacial score (nSPS) is 11.0. The van der Waals surface area contributed by atoms with E-state index in [1.807, 2.05) is 64.1 Å². The second-order valence-electron chi connectivity index (χ2n) is 7.44. The van der Waals surface area contributed by atoms with Crippen molar-refractivity contribution in [1.29, 1.82) is 0 Å². The van der Waals surface area contributed by atoms with Crippen LogP contribution in [0, 0.1) is 19.8 Å². The van der Waals surface area contributed by atoms with Crippen molar-refractivity contribution in [3.63, 3.8) is 0 Å². The topological polar surface area (TPSA) is 68.5 Å². The molecule has 0 bridgehead atoms. The highest BCUT2D eigenvalue weighted by Gasteiger charge is 2.19. The van der Waals surface area contributed by atoms with Gasteiger partial charge in [0.25, 0.3) is 5.91 Å². The quantitative estimate of drug-likeness (QED) is 0.696. The Kier molecular flexibility index (Phi) is 5.83. The monoisotopic (exact) mass is 379 g/mol. The maximum absolute atomic E-state index is 13.1. The van der Waals surface area contributed by atoms with Crippen LogP contribution in [0.15, 0.2) is 51.7 Å². The van der Waals surface area contributed by atoms with Crippen molar-refractivity contribution in [3.8, 4) is 17.1 Å². The smallest absolute Gasteiger partial charge is 0.257 e. The highest BCUT2D eigenvalue weighted by atomic mass is 16.5. The molecule has 2 aromatic carbocycles. The molecule has 0 radical (unpaired) electrons. The zero-order valence-electron chi connectivity index (χ0n) is 16.7. The van der Waals surface area contributed by atoms with Crippen molar-refractivity contribution in [2.24, 2.45) is 5.92 Å². The number of aryl methyl sites for hydroxylation is 2. The number of rotatable bonds is 6. The van der Waals surface area contributed by atoms with Crippen LogP contribution in [-0.4, -0.2) is 19.1 Å². The Morgan fingerprint density at radius 2 is 1.75 bits per heavy atom. The molecule has 1 N–H and O–H groups in total. The molecule has 28 heavy (non-hydrogen) atoms. The first-order valence-electron chi connectivity index (χ1n) is 9.39. The summed E-state index contributed by atoms with van der Waals surface area (Å²) in [6.45, 7) is 8.26. The standard InChI is InChI=1S/C23H25NO4/c1-14(2)12-24-20(25)13-27-23-21(26)18-10-7-16(4)11-19(18)28-22(23)17-8-5-15(3)6-9-17/h5-11,14H,12-13H2,1-4H3,(H,24,25). The predicted molar refractivity (Wildman–Crippen MR) is 111 cm³/mol. The van der Waals surface area contributed by atoms with Gasteiger partial charge in [0.15, 0.2) is 12.4 Å². The number of nitrogens with one attached hydrogen (secondary N) is 1. The molecule has 1 amide bonds. The molecule has 3 aromatic rings. The lowest BCUT2D eigenvalue weighted by atomic mass is 10.1. The molecule has 0 aliphatic carbocycles. The maximum Gasteiger partial charge on any atom is 0.257 e. The molecule has 0 fully saturated rings. The second-order valence-corrected chi connectivity index (χ2v) is 7.44. The Bertz CT molecular complexity index is 1050. The lowest BCUT2D eigenvalue weighted by Gasteiger charge is -2.13. The molecule has 3 rings (SSSR count). The summed E-state index contributed by atoms with van der Waals surface area (Å²) in [6.07, 6.45) is 0. The van der Waals surface area contributed by atoms with Gasteiger partial charge in [-0.2, -0.15) is 0 Å². The minimum absolute atomic E-state index is 0.0555. The van der Waals surface area contributed by atoms with E-state index in [4.69, 9.17) is 9.15 Å². The van der Waals surface area contributed by atoms with Crippen LogP contribution in [0.25, 0.3) is 22.3 Å². The number of hydrogen-bond acceptors (Lipinski definition) is 4. The summed E-state index contributed by atoms with van der Waals surface area (Å²) in [5.41, 5.74) is 3.03. The Morgan fingerprint density at radius 3 is 2.43 bits per heavy atom. The third-order valence-corrected chi connectivity index (χ3v) is 4.38. The van der Waals surface area contributed by atoms with Crippen LogP contribution < -0.4 is 15.5 Å². The zero-order chi connectivity index (χ0) is 20.3. The third kappa shape index (κ3) is 4.42. The largest absolute Gasteiger partial charge is 0.476 e. The summed E-state index contributed by atoms with van der Waals surface area (Å²) >= 11 is 0. The average Bonchev–Trinajstić information content (AvgIpc) is 2.66. The molecule has 0 aliphatic rings. The summed E-state index contributed by atoms with van der Waals surface area (Å²) in [5.74, 6) is 0.452. The predicted octanol–water partition coefficient (Wildman–Crippen LogP) is 4.23. The van der Waals surface area contributed by atoms with Crippen LogP contribution in [0.4, 0.5) is 0 Å². The first kappa shape index (κ1) is 19.7. The van der Waals surface area contributed by atoms with Crippen LogP contribution in [0.2, 0.25) is 0 Å². The van der Waals surface area contributed by atoms with Crippen LogP contribution in [0.3, 0.4) is 0 Å². The Labute approximate surface area is 164 Å². The molecule has 1 aromatic heterocycles. The number of benzene rings is 2. The first-order chi connectivity index (χ1) is 13.3. The van der Waals surface area contributed by atoms with Gasteiger partial charge in [-0.15, -0.1) is 0 Å². The summed E-state index contributed by atoms with van der Waals surface area (Å²) in [4.78, 5) is 25.1. The molecule has 5 nitrogen and oxygen atoms in total. The van der Waals surface area contributed by atoms with E-state index >= 15 is 0 Å². The van der Waals surface area contributed by atoms with Gasteiger partial charge < -0.3 is 14.5 Å². The molecule has 0 saturated heterocycles. The summed E-state index contributed by atoms with van der Waals surface area (Å²) in [6, 6.07) is 13.0. The van der Waals surface area contributed by atoms with E-state index < -0.39 is 0 Å². The van der Waals surface area contributed by atoms with Crippen LogP contribution in [-0.2, 0) is 4.79 Å². The summed E-state index contributed by atoms with van der Waals surface area (Å²) in [7, 11) is 0. The van der Waals surface area contributed by atoms with Crippen molar-refractivity contribution >= 4 is 16.9 Å². The van der Waals surface area contributed by atoms with E-state index in [0.717, 1.165) is 16.7 Å². The molecule has 5 heteroatoms.